The van der Waals surface area contributed by atoms with Gasteiger partial charge in [-0.25, -0.2) is 4.98 Å². The smallest absolute Gasteiger partial charge is 0.123 e. The van der Waals surface area contributed by atoms with Crippen molar-refractivity contribution in [1.82, 2.24) is 15.3 Å². The van der Waals surface area contributed by atoms with Gasteiger partial charge in [-0.05, 0) is 36.5 Å². The van der Waals surface area contributed by atoms with Crippen LogP contribution in [0.3, 0.4) is 0 Å². The van der Waals surface area contributed by atoms with Gasteiger partial charge < -0.3 is 10.3 Å². The average molecular weight is 320 g/mol. The molecule has 0 fully saturated rings. The van der Waals surface area contributed by atoms with Crippen molar-refractivity contribution in [2.45, 2.75) is 38.3 Å². The number of imidazole rings is 1. The third kappa shape index (κ3) is 2.47. The van der Waals surface area contributed by atoms with Crippen molar-refractivity contribution in [3.8, 4) is 0 Å². The minimum atomic E-state index is 0.296. The molecular formula is C15H18BrN3. The van der Waals surface area contributed by atoms with Gasteiger partial charge in [0.15, 0.2) is 0 Å². The van der Waals surface area contributed by atoms with Crippen LogP contribution in [0.1, 0.15) is 48.8 Å². The molecule has 3 rings (SSSR count). The number of benzene rings is 1. The van der Waals surface area contributed by atoms with E-state index < -0.39 is 0 Å². The van der Waals surface area contributed by atoms with Crippen molar-refractivity contribution in [2.75, 3.05) is 0 Å². The van der Waals surface area contributed by atoms with Gasteiger partial charge in [0.05, 0.1) is 6.04 Å². The molecule has 0 saturated carbocycles. The van der Waals surface area contributed by atoms with Crippen molar-refractivity contribution in [3.05, 3.63) is 52.0 Å². The van der Waals surface area contributed by atoms with Crippen molar-refractivity contribution in [1.29, 1.82) is 0 Å². The van der Waals surface area contributed by atoms with E-state index in [2.05, 4.69) is 56.3 Å². The largest absolute Gasteiger partial charge is 0.347 e. The fourth-order valence-electron chi connectivity index (χ4n) is 2.88. The summed E-state index contributed by atoms with van der Waals surface area (Å²) in [6, 6.07) is 7.22. The summed E-state index contributed by atoms with van der Waals surface area (Å²) in [5, 5.41) is 3.74. The van der Waals surface area contributed by atoms with Gasteiger partial charge in [0.25, 0.3) is 0 Å². The second-order valence-electron chi connectivity index (χ2n) is 5.00. The van der Waals surface area contributed by atoms with E-state index in [1.165, 1.54) is 15.6 Å². The summed E-state index contributed by atoms with van der Waals surface area (Å²) in [6.07, 6.45) is 7.04. The highest BCUT2D eigenvalue weighted by Crippen LogP contribution is 2.37. The van der Waals surface area contributed by atoms with Crippen LogP contribution in [0.2, 0.25) is 0 Å². The van der Waals surface area contributed by atoms with E-state index in [1.807, 2.05) is 12.4 Å². The topological polar surface area (TPSA) is 40.7 Å². The van der Waals surface area contributed by atoms with Gasteiger partial charge in [-0.3, -0.25) is 0 Å². The summed E-state index contributed by atoms with van der Waals surface area (Å²) >= 11 is 3.65. The Labute approximate surface area is 122 Å². The van der Waals surface area contributed by atoms with E-state index in [1.54, 1.807) is 0 Å². The summed E-state index contributed by atoms with van der Waals surface area (Å²) in [5.74, 6) is 1.03. The Bertz CT molecular complexity index is 551. The van der Waals surface area contributed by atoms with Gasteiger partial charge in [0.1, 0.15) is 5.82 Å². The molecule has 2 atom stereocenters. The fraction of sp³-hybridized carbons (Fsp3) is 0.400. The number of hydrogen-bond acceptors (Lipinski definition) is 2. The summed E-state index contributed by atoms with van der Waals surface area (Å²) in [5.41, 5.74) is 2.88. The van der Waals surface area contributed by atoms with E-state index in [9.17, 15) is 0 Å². The first kappa shape index (κ1) is 12.9. The maximum atomic E-state index is 4.38. The normalized spacial score (nSPS) is 19.4. The van der Waals surface area contributed by atoms with Crippen LogP contribution in [0, 0.1) is 0 Å². The van der Waals surface area contributed by atoms with Gasteiger partial charge >= 0.3 is 0 Å². The molecule has 1 aliphatic rings. The molecule has 1 heterocycles. The number of hydrogen-bond donors (Lipinski definition) is 2. The lowest BCUT2D eigenvalue weighted by molar-refractivity contribution is 0.420. The van der Waals surface area contributed by atoms with Gasteiger partial charge in [-0.15, -0.1) is 0 Å². The second kappa shape index (κ2) is 5.47. The molecule has 0 bridgehead atoms. The van der Waals surface area contributed by atoms with Crippen LogP contribution in [0.4, 0.5) is 0 Å². The Balaban J connectivity index is 1.81. The molecule has 0 radical (unpaired) electrons. The quantitative estimate of drug-likeness (QED) is 0.897. The molecule has 2 aromatic rings. The minimum Gasteiger partial charge on any atom is -0.347 e. The van der Waals surface area contributed by atoms with Gasteiger partial charge in [-0.1, -0.05) is 35.0 Å². The Morgan fingerprint density at radius 2 is 2.42 bits per heavy atom. The van der Waals surface area contributed by atoms with E-state index in [0.717, 1.165) is 25.1 Å². The number of fused-ring (bicyclic) bond motifs is 1. The predicted octanol–water partition coefficient (Wildman–Crippen LogP) is 3.90. The number of nitrogens with one attached hydrogen (secondary N) is 2. The van der Waals surface area contributed by atoms with E-state index in [4.69, 9.17) is 0 Å². The summed E-state index contributed by atoms with van der Waals surface area (Å²) in [6.45, 7) is 2.19. The monoisotopic (exact) mass is 319 g/mol. The molecule has 1 aliphatic carbocycles. The van der Waals surface area contributed by atoms with E-state index >= 15 is 0 Å². The summed E-state index contributed by atoms with van der Waals surface area (Å²) < 4.78 is 1.24. The van der Waals surface area contributed by atoms with Crippen molar-refractivity contribution in [3.63, 3.8) is 0 Å². The lowest BCUT2D eigenvalue weighted by Crippen LogP contribution is -2.25. The molecule has 3 nitrogen and oxygen atoms in total. The summed E-state index contributed by atoms with van der Waals surface area (Å²) in [7, 11) is 0. The maximum absolute atomic E-state index is 4.38. The SMILES string of the molecule is CCC(NC1CCc2c(Br)cccc21)c1ncc[nH]1. The lowest BCUT2D eigenvalue weighted by atomic mass is 10.1. The standard InChI is InChI=1S/C15H18BrN3/c1-2-13(15-17-8-9-18-15)19-14-7-6-10-11(14)4-3-5-12(10)16/h3-5,8-9,13-14,19H,2,6-7H2,1H3,(H,17,18). The maximum Gasteiger partial charge on any atom is 0.123 e. The molecule has 2 unspecified atom stereocenters. The highest BCUT2D eigenvalue weighted by atomic mass is 79.9. The Morgan fingerprint density at radius 1 is 1.53 bits per heavy atom. The van der Waals surface area contributed by atoms with E-state index in [0.29, 0.717) is 12.1 Å². The molecular weight excluding hydrogens is 302 g/mol. The zero-order chi connectivity index (χ0) is 13.2. The van der Waals surface area contributed by atoms with Crippen LogP contribution in [-0.2, 0) is 6.42 Å². The van der Waals surface area contributed by atoms with Crippen molar-refractivity contribution < 1.29 is 0 Å². The predicted molar refractivity (Wildman–Crippen MR) is 80.0 cm³/mol. The molecule has 0 spiro atoms. The van der Waals surface area contributed by atoms with Crippen molar-refractivity contribution >= 4 is 15.9 Å². The van der Waals surface area contributed by atoms with E-state index in [-0.39, 0.29) is 0 Å². The van der Waals surface area contributed by atoms with Gasteiger partial charge in [-0.2, -0.15) is 0 Å². The molecule has 0 saturated heterocycles. The Morgan fingerprint density at radius 3 is 3.16 bits per heavy atom. The van der Waals surface area contributed by atoms with Crippen molar-refractivity contribution in [2.24, 2.45) is 0 Å². The molecule has 2 N–H and O–H groups in total. The third-order valence-corrected chi connectivity index (χ3v) is 4.62. The first-order valence-electron chi connectivity index (χ1n) is 6.82. The van der Waals surface area contributed by atoms with Gasteiger partial charge in [0.2, 0.25) is 0 Å². The van der Waals surface area contributed by atoms with Crippen LogP contribution in [0.5, 0.6) is 0 Å². The molecule has 4 heteroatoms. The summed E-state index contributed by atoms with van der Waals surface area (Å²) in [4.78, 5) is 7.59. The van der Waals surface area contributed by atoms with Crippen LogP contribution < -0.4 is 5.32 Å². The number of H-pyrrole nitrogens is 1. The molecule has 1 aromatic heterocycles. The molecule has 1 aromatic carbocycles. The van der Waals surface area contributed by atoms with Crippen LogP contribution >= 0.6 is 15.9 Å². The first-order chi connectivity index (χ1) is 9.29. The highest BCUT2D eigenvalue weighted by molar-refractivity contribution is 9.10. The number of halogens is 1. The average Bonchev–Trinajstić information content (AvgIpc) is 3.06. The zero-order valence-electron chi connectivity index (χ0n) is 11.0. The Hall–Kier alpha value is -1.13. The molecule has 100 valence electrons. The number of aromatic nitrogens is 2. The second-order valence-corrected chi connectivity index (χ2v) is 5.86. The first-order valence-corrected chi connectivity index (χ1v) is 7.61. The lowest BCUT2D eigenvalue weighted by Gasteiger charge is -2.21. The number of nitrogens with zero attached hydrogens (tertiary/aromatic N) is 1. The minimum absolute atomic E-state index is 0.296. The fourth-order valence-corrected chi connectivity index (χ4v) is 3.46. The van der Waals surface area contributed by atoms with Crippen LogP contribution in [0.25, 0.3) is 0 Å². The Kier molecular flexibility index (Phi) is 3.71. The highest BCUT2D eigenvalue weighted by Gasteiger charge is 2.26. The third-order valence-electron chi connectivity index (χ3n) is 3.87. The zero-order valence-corrected chi connectivity index (χ0v) is 12.6. The number of aromatic amines is 1. The molecule has 0 amide bonds. The molecule has 0 aliphatic heterocycles. The van der Waals surface area contributed by atoms with Crippen LogP contribution in [0.15, 0.2) is 35.1 Å². The number of rotatable bonds is 4. The van der Waals surface area contributed by atoms with Crippen LogP contribution in [-0.4, -0.2) is 9.97 Å². The molecule has 19 heavy (non-hydrogen) atoms. The van der Waals surface area contributed by atoms with Gasteiger partial charge in [0, 0.05) is 22.9 Å².